The van der Waals surface area contributed by atoms with Crippen molar-refractivity contribution < 1.29 is 19.1 Å². The van der Waals surface area contributed by atoms with E-state index in [0.29, 0.717) is 43.2 Å². The lowest BCUT2D eigenvalue weighted by Gasteiger charge is -2.34. The molecular weight excluding hydrogens is 404 g/mol. The number of piperazine rings is 1. The zero-order valence-corrected chi connectivity index (χ0v) is 16.8. The highest BCUT2D eigenvalue weighted by Gasteiger charge is 2.35. The Morgan fingerprint density at radius 3 is 2.45 bits per heavy atom. The van der Waals surface area contributed by atoms with Gasteiger partial charge in [-0.2, -0.15) is 0 Å². The van der Waals surface area contributed by atoms with Gasteiger partial charge >= 0.3 is 5.69 Å². The molecule has 3 aliphatic rings. The Bertz CT molecular complexity index is 1160. The molecule has 0 bridgehead atoms. The molecule has 0 unspecified atom stereocenters. The number of hydrogen-bond acceptors (Lipinski definition) is 6. The van der Waals surface area contributed by atoms with Gasteiger partial charge in [0.1, 0.15) is 5.56 Å². The molecular formula is C21H22N4O6. The van der Waals surface area contributed by atoms with Crippen LogP contribution in [0.1, 0.15) is 28.8 Å². The number of amides is 2. The van der Waals surface area contributed by atoms with E-state index < -0.39 is 17.2 Å². The summed E-state index contributed by atoms with van der Waals surface area (Å²) in [6, 6.07) is 5.16. The van der Waals surface area contributed by atoms with Crippen molar-refractivity contribution in [1.29, 1.82) is 0 Å². The van der Waals surface area contributed by atoms with Crippen LogP contribution in [0.5, 0.6) is 11.5 Å². The summed E-state index contributed by atoms with van der Waals surface area (Å²) in [7, 11) is 0. The molecule has 31 heavy (non-hydrogen) atoms. The first-order chi connectivity index (χ1) is 15.0. The number of carbonyl (C=O) groups is 2. The Hall–Kier alpha value is -3.56. The van der Waals surface area contributed by atoms with Gasteiger partial charge in [-0.05, 0) is 30.5 Å². The molecule has 1 aromatic heterocycles. The highest BCUT2D eigenvalue weighted by atomic mass is 16.7. The third kappa shape index (κ3) is 3.69. The quantitative estimate of drug-likeness (QED) is 0.737. The monoisotopic (exact) mass is 426 g/mol. The number of benzene rings is 1. The second-order valence-corrected chi connectivity index (χ2v) is 7.98. The van der Waals surface area contributed by atoms with Crippen LogP contribution in [0.4, 0.5) is 0 Å². The molecule has 2 fully saturated rings. The highest BCUT2D eigenvalue weighted by Crippen LogP contribution is 2.32. The molecule has 162 valence electrons. The number of nitrogens with zero attached hydrogens (tertiary/aromatic N) is 3. The fourth-order valence-corrected chi connectivity index (χ4v) is 3.92. The van der Waals surface area contributed by atoms with Gasteiger partial charge in [0.05, 0.1) is 6.54 Å². The first-order valence-corrected chi connectivity index (χ1v) is 10.3. The average molecular weight is 426 g/mol. The van der Waals surface area contributed by atoms with E-state index in [4.69, 9.17) is 9.47 Å². The molecule has 5 rings (SSSR count). The Balaban J connectivity index is 1.33. The number of aromatic amines is 1. The Morgan fingerprint density at radius 1 is 1.00 bits per heavy atom. The van der Waals surface area contributed by atoms with E-state index in [0.717, 1.165) is 17.4 Å². The van der Waals surface area contributed by atoms with Crippen molar-refractivity contribution >= 4 is 11.8 Å². The van der Waals surface area contributed by atoms with Crippen LogP contribution in [0.15, 0.2) is 34.0 Å². The smallest absolute Gasteiger partial charge is 0.328 e. The minimum absolute atomic E-state index is 0.00437. The highest BCUT2D eigenvalue weighted by molar-refractivity contribution is 5.93. The van der Waals surface area contributed by atoms with Gasteiger partial charge in [-0.1, -0.05) is 6.07 Å². The van der Waals surface area contributed by atoms with Crippen molar-refractivity contribution in [2.45, 2.75) is 19.4 Å². The number of fused-ring (bicyclic) bond motifs is 1. The number of rotatable bonds is 4. The van der Waals surface area contributed by atoms with Crippen LogP contribution in [-0.4, -0.2) is 64.1 Å². The van der Waals surface area contributed by atoms with Crippen LogP contribution < -0.4 is 20.7 Å². The van der Waals surface area contributed by atoms with Crippen molar-refractivity contribution in [1.82, 2.24) is 19.4 Å². The van der Waals surface area contributed by atoms with E-state index in [1.54, 1.807) is 28.0 Å². The fourth-order valence-electron chi connectivity index (χ4n) is 3.92. The summed E-state index contributed by atoms with van der Waals surface area (Å²) in [5.74, 6) is 1.01. The molecule has 3 heterocycles. The lowest BCUT2D eigenvalue weighted by molar-refractivity contribution is -0.134. The van der Waals surface area contributed by atoms with E-state index in [2.05, 4.69) is 4.98 Å². The SMILES string of the molecule is O=C(c1c[nH]c(=O)n(Cc2ccc3c(c2)OCO3)c1=O)N1CCN(C(=O)C2CC2)CC1. The summed E-state index contributed by atoms with van der Waals surface area (Å²) in [4.78, 5) is 56.2. The minimum Gasteiger partial charge on any atom is -0.454 e. The maximum atomic E-state index is 13.0. The number of nitrogens with one attached hydrogen (secondary N) is 1. The zero-order valence-electron chi connectivity index (χ0n) is 16.8. The Kier molecular flexibility index (Phi) is 4.76. The molecule has 2 aliphatic heterocycles. The molecule has 1 aliphatic carbocycles. The van der Waals surface area contributed by atoms with Crippen molar-refractivity contribution in [3.8, 4) is 11.5 Å². The summed E-state index contributed by atoms with van der Waals surface area (Å²) in [5.41, 5.74) is -0.669. The molecule has 1 aromatic carbocycles. The van der Waals surface area contributed by atoms with Gasteiger partial charge in [0.2, 0.25) is 12.7 Å². The minimum atomic E-state index is -0.650. The Morgan fingerprint density at radius 2 is 1.71 bits per heavy atom. The van der Waals surface area contributed by atoms with Gasteiger partial charge in [0.25, 0.3) is 11.5 Å². The molecule has 1 saturated carbocycles. The first-order valence-electron chi connectivity index (χ1n) is 10.3. The van der Waals surface area contributed by atoms with Crippen LogP contribution >= 0.6 is 0 Å². The Labute approximate surface area is 177 Å². The molecule has 0 spiro atoms. The van der Waals surface area contributed by atoms with Crippen LogP contribution in [0.25, 0.3) is 0 Å². The molecule has 10 heteroatoms. The molecule has 2 aromatic rings. The lowest BCUT2D eigenvalue weighted by atomic mass is 10.2. The summed E-state index contributed by atoms with van der Waals surface area (Å²) in [5, 5.41) is 0. The number of carbonyl (C=O) groups excluding carboxylic acids is 2. The molecule has 0 atom stereocenters. The van der Waals surface area contributed by atoms with Crippen molar-refractivity contribution in [2.24, 2.45) is 5.92 Å². The van der Waals surface area contributed by atoms with E-state index in [9.17, 15) is 19.2 Å². The molecule has 1 N–H and O–H groups in total. The molecule has 0 radical (unpaired) electrons. The average Bonchev–Trinajstić information content (AvgIpc) is 3.53. The molecule has 1 saturated heterocycles. The third-order valence-electron chi connectivity index (χ3n) is 5.87. The summed E-state index contributed by atoms with van der Waals surface area (Å²) in [6.07, 6.45) is 3.06. The maximum absolute atomic E-state index is 13.0. The van der Waals surface area contributed by atoms with Gasteiger partial charge in [-0.25, -0.2) is 4.79 Å². The predicted octanol–water partition coefficient (Wildman–Crippen LogP) is 0.00800. The van der Waals surface area contributed by atoms with Crippen molar-refractivity contribution in [3.63, 3.8) is 0 Å². The maximum Gasteiger partial charge on any atom is 0.328 e. The van der Waals surface area contributed by atoms with Crippen LogP contribution in [0.2, 0.25) is 0 Å². The molecule has 10 nitrogen and oxygen atoms in total. The van der Waals surface area contributed by atoms with Gasteiger partial charge in [-0.3, -0.25) is 19.0 Å². The topological polar surface area (TPSA) is 114 Å². The summed E-state index contributed by atoms with van der Waals surface area (Å²) < 4.78 is 11.6. The van der Waals surface area contributed by atoms with Gasteiger partial charge in [0.15, 0.2) is 11.5 Å². The normalized spacial score (nSPS) is 17.7. The van der Waals surface area contributed by atoms with Crippen LogP contribution in [0.3, 0.4) is 0 Å². The summed E-state index contributed by atoms with van der Waals surface area (Å²) in [6.45, 7) is 1.75. The summed E-state index contributed by atoms with van der Waals surface area (Å²) >= 11 is 0. The van der Waals surface area contributed by atoms with E-state index in [1.165, 1.54) is 6.20 Å². The number of ether oxygens (including phenoxy) is 2. The van der Waals surface area contributed by atoms with E-state index in [-0.39, 0.29) is 30.7 Å². The first kappa shape index (κ1) is 19.4. The second kappa shape index (κ2) is 7.60. The van der Waals surface area contributed by atoms with Crippen LogP contribution in [0, 0.1) is 5.92 Å². The van der Waals surface area contributed by atoms with Gasteiger partial charge < -0.3 is 24.3 Å². The van der Waals surface area contributed by atoms with E-state index in [1.807, 2.05) is 0 Å². The third-order valence-corrected chi connectivity index (χ3v) is 5.87. The molecule has 2 amide bonds. The lowest BCUT2D eigenvalue weighted by Crippen LogP contribution is -2.52. The second-order valence-electron chi connectivity index (χ2n) is 7.98. The predicted molar refractivity (Wildman–Crippen MR) is 108 cm³/mol. The number of aromatic nitrogens is 2. The fraction of sp³-hybridized carbons (Fsp3) is 0.429. The van der Waals surface area contributed by atoms with Crippen molar-refractivity contribution in [2.75, 3.05) is 33.0 Å². The van der Waals surface area contributed by atoms with Crippen molar-refractivity contribution in [3.05, 3.63) is 56.4 Å². The van der Waals surface area contributed by atoms with Crippen LogP contribution in [-0.2, 0) is 11.3 Å². The van der Waals surface area contributed by atoms with E-state index >= 15 is 0 Å². The number of hydrogen-bond donors (Lipinski definition) is 1. The number of H-pyrrole nitrogens is 1. The van der Waals surface area contributed by atoms with Gasteiger partial charge in [0, 0.05) is 38.3 Å². The zero-order chi connectivity index (χ0) is 21.5. The standard InChI is InChI=1S/C21H22N4O6/c26-18(14-2-3-14)23-5-7-24(8-6-23)19(27)15-10-22-21(29)25(20(15)28)11-13-1-4-16-17(9-13)31-12-30-16/h1,4,9-10,14H,2-3,5-8,11-12H2,(H,22,29). The largest absolute Gasteiger partial charge is 0.454 e. The van der Waals surface area contributed by atoms with Gasteiger partial charge in [-0.15, -0.1) is 0 Å².